The minimum Gasteiger partial charge on any atom is -0.496 e. The van der Waals surface area contributed by atoms with E-state index in [1.807, 2.05) is 0 Å². The Hall–Kier alpha value is -2.15. The van der Waals surface area contributed by atoms with Crippen molar-refractivity contribution in [1.29, 1.82) is 0 Å². The Bertz CT molecular complexity index is 678. The number of rotatable bonds is 6. The van der Waals surface area contributed by atoms with E-state index < -0.39 is 6.61 Å². The first-order valence-electron chi connectivity index (χ1n) is 6.65. The first kappa shape index (κ1) is 17.2. The fourth-order valence-corrected chi connectivity index (χ4v) is 2.42. The molecular weight excluding hydrogens is 372 g/mol. The van der Waals surface area contributed by atoms with Crippen LogP contribution in [-0.2, 0) is 6.54 Å². The van der Waals surface area contributed by atoms with Gasteiger partial charge in [-0.05, 0) is 51.8 Å². The molecule has 0 atom stereocenters. The molecule has 0 fully saturated rings. The van der Waals surface area contributed by atoms with E-state index in [0.29, 0.717) is 15.8 Å². The van der Waals surface area contributed by atoms with Gasteiger partial charge < -0.3 is 14.8 Å². The standard InChI is InChI=1S/C16H14BrF2NO3/c1-22-14-7-4-11(8-13(14)17)15(21)20-9-10-2-5-12(6-3-10)23-16(18)19/h2-8,16H,9H2,1H3,(H,20,21). The summed E-state index contributed by atoms with van der Waals surface area (Å²) in [5.41, 5.74) is 1.25. The van der Waals surface area contributed by atoms with Crippen LogP contribution in [0.4, 0.5) is 8.78 Å². The van der Waals surface area contributed by atoms with Crippen molar-refractivity contribution in [2.45, 2.75) is 13.2 Å². The van der Waals surface area contributed by atoms with Crippen LogP contribution in [0.3, 0.4) is 0 Å². The van der Waals surface area contributed by atoms with E-state index in [9.17, 15) is 13.6 Å². The molecular formula is C16H14BrF2NO3. The highest BCUT2D eigenvalue weighted by Crippen LogP contribution is 2.25. The number of halogens is 3. The van der Waals surface area contributed by atoms with Crippen LogP contribution in [0.1, 0.15) is 15.9 Å². The van der Waals surface area contributed by atoms with Crippen molar-refractivity contribution in [3.63, 3.8) is 0 Å². The van der Waals surface area contributed by atoms with Crippen LogP contribution in [0.2, 0.25) is 0 Å². The molecule has 0 heterocycles. The maximum absolute atomic E-state index is 12.1. The third-order valence-corrected chi connectivity index (χ3v) is 3.64. The Balaban J connectivity index is 1.95. The molecule has 2 aromatic rings. The number of nitrogens with one attached hydrogen (secondary N) is 1. The molecule has 0 radical (unpaired) electrons. The van der Waals surface area contributed by atoms with Gasteiger partial charge in [0.25, 0.3) is 5.91 Å². The molecule has 0 aliphatic rings. The number of alkyl halides is 2. The summed E-state index contributed by atoms with van der Waals surface area (Å²) in [4.78, 5) is 12.1. The van der Waals surface area contributed by atoms with Crippen LogP contribution in [0.15, 0.2) is 46.9 Å². The molecule has 1 amide bonds. The second-order valence-corrected chi connectivity index (χ2v) is 5.41. The fourth-order valence-electron chi connectivity index (χ4n) is 1.88. The maximum Gasteiger partial charge on any atom is 0.387 e. The molecule has 2 rings (SSSR count). The molecule has 0 spiro atoms. The molecule has 122 valence electrons. The largest absolute Gasteiger partial charge is 0.496 e. The van der Waals surface area contributed by atoms with Gasteiger partial charge in [-0.1, -0.05) is 12.1 Å². The molecule has 0 unspecified atom stereocenters. The van der Waals surface area contributed by atoms with Crippen LogP contribution >= 0.6 is 15.9 Å². The van der Waals surface area contributed by atoms with Crippen molar-refractivity contribution in [3.8, 4) is 11.5 Å². The molecule has 1 N–H and O–H groups in total. The zero-order chi connectivity index (χ0) is 16.8. The van der Waals surface area contributed by atoms with E-state index in [0.717, 1.165) is 5.56 Å². The summed E-state index contributed by atoms with van der Waals surface area (Å²) in [6.45, 7) is -2.58. The number of carbonyl (C=O) groups excluding carboxylic acids is 1. The van der Waals surface area contributed by atoms with Crippen LogP contribution < -0.4 is 14.8 Å². The lowest BCUT2D eigenvalue weighted by atomic mass is 10.2. The quantitative estimate of drug-likeness (QED) is 0.817. The van der Waals surface area contributed by atoms with Gasteiger partial charge in [-0.25, -0.2) is 0 Å². The normalized spacial score (nSPS) is 10.5. The molecule has 0 saturated heterocycles. The van der Waals surface area contributed by atoms with Crippen LogP contribution in [0.25, 0.3) is 0 Å². The van der Waals surface area contributed by atoms with Crippen molar-refractivity contribution in [2.24, 2.45) is 0 Å². The van der Waals surface area contributed by atoms with Crippen molar-refractivity contribution in [1.82, 2.24) is 5.32 Å². The lowest BCUT2D eigenvalue weighted by Gasteiger charge is -2.09. The van der Waals surface area contributed by atoms with Crippen molar-refractivity contribution >= 4 is 21.8 Å². The molecule has 0 aromatic heterocycles. The Kier molecular flexibility index (Phi) is 5.92. The number of carbonyl (C=O) groups is 1. The Morgan fingerprint density at radius 3 is 2.48 bits per heavy atom. The number of benzene rings is 2. The smallest absolute Gasteiger partial charge is 0.387 e. The monoisotopic (exact) mass is 385 g/mol. The summed E-state index contributed by atoms with van der Waals surface area (Å²) in [5, 5.41) is 2.75. The molecule has 0 bridgehead atoms. The Morgan fingerprint density at radius 1 is 1.22 bits per heavy atom. The van der Waals surface area contributed by atoms with Crippen LogP contribution in [0, 0.1) is 0 Å². The number of methoxy groups -OCH3 is 1. The highest BCUT2D eigenvalue weighted by atomic mass is 79.9. The summed E-state index contributed by atoms with van der Waals surface area (Å²) >= 11 is 3.32. The van der Waals surface area contributed by atoms with Gasteiger partial charge in [0.1, 0.15) is 11.5 Å². The van der Waals surface area contributed by atoms with Crippen LogP contribution in [-0.4, -0.2) is 19.6 Å². The highest BCUT2D eigenvalue weighted by molar-refractivity contribution is 9.10. The molecule has 4 nitrogen and oxygen atoms in total. The van der Waals surface area contributed by atoms with Gasteiger partial charge in [-0.2, -0.15) is 8.78 Å². The highest BCUT2D eigenvalue weighted by Gasteiger charge is 2.09. The summed E-state index contributed by atoms with van der Waals surface area (Å²) < 4.78 is 34.2. The van der Waals surface area contributed by atoms with Crippen molar-refractivity contribution in [3.05, 3.63) is 58.1 Å². The zero-order valence-electron chi connectivity index (χ0n) is 12.2. The van der Waals surface area contributed by atoms with Crippen molar-refractivity contribution < 1.29 is 23.0 Å². The summed E-state index contributed by atoms with van der Waals surface area (Å²) in [6, 6.07) is 11.1. The first-order chi connectivity index (χ1) is 11.0. The topological polar surface area (TPSA) is 47.6 Å². The lowest BCUT2D eigenvalue weighted by molar-refractivity contribution is -0.0498. The molecule has 2 aromatic carbocycles. The molecule has 0 saturated carbocycles. The van der Waals surface area contributed by atoms with E-state index in [2.05, 4.69) is 26.0 Å². The molecule has 23 heavy (non-hydrogen) atoms. The summed E-state index contributed by atoms with van der Waals surface area (Å²) in [5.74, 6) is 0.464. The number of hydrogen-bond acceptors (Lipinski definition) is 3. The van der Waals surface area contributed by atoms with E-state index in [-0.39, 0.29) is 18.2 Å². The molecule has 7 heteroatoms. The third kappa shape index (κ3) is 4.92. The van der Waals surface area contributed by atoms with E-state index in [4.69, 9.17) is 4.74 Å². The molecule has 0 aliphatic heterocycles. The van der Waals surface area contributed by atoms with Gasteiger partial charge in [-0.15, -0.1) is 0 Å². The van der Waals surface area contributed by atoms with Gasteiger partial charge in [0.2, 0.25) is 0 Å². The minimum absolute atomic E-state index is 0.0779. The number of ether oxygens (including phenoxy) is 2. The van der Waals surface area contributed by atoms with Gasteiger partial charge in [0.05, 0.1) is 11.6 Å². The van der Waals surface area contributed by atoms with E-state index >= 15 is 0 Å². The fraction of sp³-hybridized carbons (Fsp3) is 0.188. The predicted octanol–water partition coefficient (Wildman–Crippen LogP) is 3.99. The number of hydrogen-bond donors (Lipinski definition) is 1. The minimum atomic E-state index is -2.85. The van der Waals surface area contributed by atoms with Gasteiger partial charge in [0.15, 0.2) is 0 Å². The average Bonchev–Trinajstić information content (AvgIpc) is 2.53. The van der Waals surface area contributed by atoms with Crippen molar-refractivity contribution in [2.75, 3.05) is 7.11 Å². The van der Waals surface area contributed by atoms with Gasteiger partial charge in [0, 0.05) is 12.1 Å². The van der Waals surface area contributed by atoms with Gasteiger partial charge in [-0.3, -0.25) is 4.79 Å². The second-order valence-electron chi connectivity index (χ2n) is 4.55. The SMILES string of the molecule is COc1ccc(C(=O)NCc2ccc(OC(F)F)cc2)cc1Br. The maximum atomic E-state index is 12.1. The zero-order valence-corrected chi connectivity index (χ0v) is 13.8. The Morgan fingerprint density at radius 2 is 1.91 bits per heavy atom. The average molecular weight is 386 g/mol. The number of amides is 1. The predicted molar refractivity (Wildman–Crippen MR) is 84.9 cm³/mol. The lowest BCUT2D eigenvalue weighted by Crippen LogP contribution is -2.22. The summed E-state index contributed by atoms with van der Waals surface area (Å²) in [6.07, 6.45) is 0. The summed E-state index contributed by atoms with van der Waals surface area (Å²) in [7, 11) is 1.54. The van der Waals surface area contributed by atoms with E-state index in [1.165, 1.54) is 12.1 Å². The Labute approximate surface area is 140 Å². The van der Waals surface area contributed by atoms with Gasteiger partial charge >= 0.3 is 6.61 Å². The first-order valence-corrected chi connectivity index (χ1v) is 7.44. The van der Waals surface area contributed by atoms with Crippen LogP contribution in [0.5, 0.6) is 11.5 Å². The second kappa shape index (κ2) is 7.92. The molecule has 0 aliphatic carbocycles. The third-order valence-electron chi connectivity index (χ3n) is 3.02. The van der Waals surface area contributed by atoms with E-state index in [1.54, 1.807) is 37.4 Å².